The number of hydrogen-bond acceptors (Lipinski definition) is 5. The Morgan fingerprint density at radius 1 is 1.08 bits per heavy atom. The number of aryl methyl sites for hydroxylation is 1. The highest BCUT2D eigenvalue weighted by molar-refractivity contribution is 7.91. The average Bonchev–Trinajstić information content (AvgIpc) is 2.46. The van der Waals surface area contributed by atoms with E-state index in [1.54, 1.807) is 18.2 Å². The SMILES string of the molecule is Cc1cccc(NC(=O)CS(=O)(=O)Cc2ccc(C(=O)[O-])cc2)c1. The second-order valence-corrected chi connectivity index (χ2v) is 7.50. The van der Waals surface area contributed by atoms with Crippen molar-refractivity contribution in [2.24, 2.45) is 0 Å². The molecule has 0 saturated carbocycles. The van der Waals surface area contributed by atoms with Crippen molar-refractivity contribution in [3.05, 3.63) is 65.2 Å². The van der Waals surface area contributed by atoms with Gasteiger partial charge < -0.3 is 15.2 Å². The van der Waals surface area contributed by atoms with E-state index in [-0.39, 0.29) is 11.3 Å². The number of aromatic carboxylic acids is 1. The first-order valence-corrected chi connectivity index (χ1v) is 8.94. The van der Waals surface area contributed by atoms with Crippen LogP contribution in [0.2, 0.25) is 0 Å². The van der Waals surface area contributed by atoms with Gasteiger partial charge in [0.05, 0.1) is 11.7 Å². The molecule has 2 aromatic rings. The summed E-state index contributed by atoms with van der Waals surface area (Å²) < 4.78 is 24.2. The summed E-state index contributed by atoms with van der Waals surface area (Å²) in [6, 6.07) is 12.4. The van der Waals surface area contributed by atoms with Gasteiger partial charge in [0.2, 0.25) is 5.91 Å². The first kappa shape index (κ1) is 17.7. The number of benzene rings is 2. The molecule has 24 heavy (non-hydrogen) atoms. The largest absolute Gasteiger partial charge is 0.545 e. The number of sulfone groups is 1. The Morgan fingerprint density at radius 3 is 2.33 bits per heavy atom. The van der Waals surface area contributed by atoms with Crippen LogP contribution in [0, 0.1) is 6.92 Å². The molecule has 0 aliphatic rings. The van der Waals surface area contributed by atoms with E-state index in [2.05, 4.69) is 5.32 Å². The summed E-state index contributed by atoms with van der Waals surface area (Å²) in [5, 5.41) is 13.2. The van der Waals surface area contributed by atoms with Crippen LogP contribution in [-0.2, 0) is 20.4 Å². The topological polar surface area (TPSA) is 103 Å². The van der Waals surface area contributed by atoms with Gasteiger partial charge in [0, 0.05) is 5.69 Å². The van der Waals surface area contributed by atoms with Crippen LogP contribution in [0.1, 0.15) is 21.5 Å². The predicted octanol–water partition coefficient (Wildman–Crippen LogP) is 0.912. The summed E-state index contributed by atoms with van der Waals surface area (Å²) >= 11 is 0. The van der Waals surface area contributed by atoms with Gasteiger partial charge in [0.25, 0.3) is 0 Å². The molecule has 0 unspecified atom stereocenters. The number of anilines is 1. The predicted molar refractivity (Wildman–Crippen MR) is 88.1 cm³/mol. The van der Waals surface area contributed by atoms with E-state index < -0.39 is 27.5 Å². The highest BCUT2D eigenvalue weighted by Crippen LogP contribution is 2.12. The number of carbonyl (C=O) groups is 2. The van der Waals surface area contributed by atoms with E-state index in [1.165, 1.54) is 24.3 Å². The van der Waals surface area contributed by atoms with Gasteiger partial charge in [-0.1, -0.05) is 36.4 Å². The van der Waals surface area contributed by atoms with E-state index >= 15 is 0 Å². The molecule has 6 nitrogen and oxygen atoms in total. The second kappa shape index (κ2) is 7.27. The van der Waals surface area contributed by atoms with Crippen LogP contribution in [0.4, 0.5) is 5.69 Å². The van der Waals surface area contributed by atoms with Gasteiger partial charge in [-0.25, -0.2) is 8.42 Å². The van der Waals surface area contributed by atoms with Crippen molar-refractivity contribution in [1.82, 2.24) is 0 Å². The van der Waals surface area contributed by atoms with E-state index in [1.807, 2.05) is 13.0 Å². The molecule has 0 saturated heterocycles. The van der Waals surface area contributed by atoms with Crippen LogP contribution in [0.5, 0.6) is 0 Å². The lowest BCUT2D eigenvalue weighted by molar-refractivity contribution is -0.255. The highest BCUT2D eigenvalue weighted by Gasteiger charge is 2.17. The minimum atomic E-state index is -3.67. The number of carboxylic acids is 1. The minimum absolute atomic E-state index is 0.0339. The third-order valence-electron chi connectivity index (χ3n) is 3.23. The molecular weight excluding hydrogens is 330 g/mol. The fraction of sp³-hybridized carbons (Fsp3) is 0.176. The number of rotatable bonds is 6. The van der Waals surface area contributed by atoms with Crippen molar-refractivity contribution in [3.63, 3.8) is 0 Å². The standard InChI is InChI=1S/C17H17NO5S/c1-12-3-2-4-15(9-12)18-16(19)11-24(22,23)10-13-5-7-14(8-6-13)17(20)21/h2-9H,10-11H2,1H3,(H,18,19)(H,20,21)/p-1. The zero-order valence-corrected chi connectivity index (χ0v) is 13.8. The molecule has 0 spiro atoms. The Labute approximate surface area is 140 Å². The number of carboxylic acid groups (broad SMARTS) is 1. The molecule has 0 heterocycles. The maximum atomic E-state index is 12.1. The number of hydrogen-bond donors (Lipinski definition) is 1. The zero-order valence-electron chi connectivity index (χ0n) is 13.0. The molecule has 7 heteroatoms. The summed E-state index contributed by atoms with van der Waals surface area (Å²) in [5.41, 5.74) is 1.86. The van der Waals surface area contributed by atoms with Gasteiger partial charge in [-0.3, -0.25) is 4.79 Å². The summed E-state index contributed by atoms with van der Waals surface area (Å²) in [7, 11) is -3.67. The summed E-state index contributed by atoms with van der Waals surface area (Å²) in [4.78, 5) is 22.6. The van der Waals surface area contributed by atoms with Crippen molar-refractivity contribution >= 4 is 27.4 Å². The monoisotopic (exact) mass is 346 g/mol. The molecule has 126 valence electrons. The highest BCUT2D eigenvalue weighted by atomic mass is 32.2. The Morgan fingerprint density at radius 2 is 1.75 bits per heavy atom. The van der Waals surface area contributed by atoms with Crippen LogP contribution in [0.25, 0.3) is 0 Å². The fourth-order valence-electron chi connectivity index (χ4n) is 2.16. The second-order valence-electron chi connectivity index (χ2n) is 5.43. The molecule has 0 aliphatic carbocycles. The number of carbonyl (C=O) groups excluding carboxylic acids is 2. The summed E-state index contributed by atoms with van der Waals surface area (Å²) in [5.74, 6) is -2.95. The maximum Gasteiger partial charge on any atom is 0.239 e. The molecule has 2 aromatic carbocycles. The zero-order chi connectivity index (χ0) is 17.7. The van der Waals surface area contributed by atoms with Crippen LogP contribution in [0.15, 0.2) is 48.5 Å². The van der Waals surface area contributed by atoms with Crippen molar-refractivity contribution < 1.29 is 23.1 Å². The number of amides is 1. The third kappa shape index (κ3) is 5.20. The Balaban J connectivity index is 1.99. The van der Waals surface area contributed by atoms with Crippen molar-refractivity contribution in [2.75, 3.05) is 11.1 Å². The molecule has 0 fully saturated rings. The van der Waals surface area contributed by atoms with Crippen LogP contribution in [0.3, 0.4) is 0 Å². The first-order valence-electron chi connectivity index (χ1n) is 7.12. The van der Waals surface area contributed by atoms with Gasteiger partial charge in [-0.05, 0) is 35.7 Å². The Kier molecular flexibility index (Phi) is 5.35. The Bertz CT molecular complexity index is 857. The van der Waals surface area contributed by atoms with Crippen molar-refractivity contribution in [3.8, 4) is 0 Å². The fourth-order valence-corrected chi connectivity index (χ4v) is 3.44. The lowest BCUT2D eigenvalue weighted by Crippen LogP contribution is -2.24. The van der Waals surface area contributed by atoms with Gasteiger partial charge in [0.1, 0.15) is 5.75 Å². The van der Waals surface area contributed by atoms with E-state index in [9.17, 15) is 23.1 Å². The van der Waals surface area contributed by atoms with E-state index in [0.29, 0.717) is 11.3 Å². The first-order chi connectivity index (χ1) is 11.2. The molecule has 0 bridgehead atoms. The van der Waals surface area contributed by atoms with Gasteiger partial charge in [-0.2, -0.15) is 0 Å². The number of nitrogens with one attached hydrogen (secondary N) is 1. The lowest BCUT2D eigenvalue weighted by Gasteiger charge is -2.08. The van der Waals surface area contributed by atoms with E-state index in [4.69, 9.17) is 0 Å². The normalized spacial score (nSPS) is 11.0. The lowest BCUT2D eigenvalue weighted by atomic mass is 10.1. The maximum absolute atomic E-state index is 12.1. The molecule has 0 aliphatic heterocycles. The summed E-state index contributed by atoms with van der Waals surface area (Å²) in [6.45, 7) is 1.86. The molecule has 1 amide bonds. The third-order valence-corrected chi connectivity index (χ3v) is 4.70. The quantitative estimate of drug-likeness (QED) is 0.837. The molecule has 1 N–H and O–H groups in total. The van der Waals surface area contributed by atoms with Crippen LogP contribution >= 0.6 is 0 Å². The minimum Gasteiger partial charge on any atom is -0.545 e. The molecule has 0 radical (unpaired) electrons. The molecule has 0 aromatic heterocycles. The Hall–Kier alpha value is -2.67. The van der Waals surface area contributed by atoms with Gasteiger partial charge in [-0.15, -0.1) is 0 Å². The van der Waals surface area contributed by atoms with Crippen LogP contribution in [-0.4, -0.2) is 26.0 Å². The molecule has 2 rings (SSSR count). The van der Waals surface area contributed by atoms with Gasteiger partial charge in [0.15, 0.2) is 9.84 Å². The van der Waals surface area contributed by atoms with E-state index in [0.717, 1.165) is 5.56 Å². The van der Waals surface area contributed by atoms with Crippen molar-refractivity contribution in [2.45, 2.75) is 12.7 Å². The molecule has 0 atom stereocenters. The summed E-state index contributed by atoms with van der Waals surface area (Å²) in [6.07, 6.45) is 0. The van der Waals surface area contributed by atoms with Gasteiger partial charge >= 0.3 is 0 Å². The average molecular weight is 346 g/mol. The smallest absolute Gasteiger partial charge is 0.239 e. The van der Waals surface area contributed by atoms with Crippen LogP contribution < -0.4 is 10.4 Å². The molecular formula is C17H16NO5S-. The van der Waals surface area contributed by atoms with Crippen molar-refractivity contribution in [1.29, 1.82) is 0 Å².